The van der Waals surface area contributed by atoms with E-state index in [9.17, 15) is 5.11 Å². The molecule has 0 saturated heterocycles. The van der Waals surface area contributed by atoms with Gasteiger partial charge in [-0.1, -0.05) is 30.9 Å². The van der Waals surface area contributed by atoms with E-state index in [1.54, 1.807) is 14.2 Å². The van der Waals surface area contributed by atoms with Gasteiger partial charge < -0.3 is 14.6 Å². The molecule has 1 aliphatic carbocycles. The van der Waals surface area contributed by atoms with Crippen LogP contribution >= 0.6 is 23.3 Å². The van der Waals surface area contributed by atoms with Gasteiger partial charge in [0.1, 0.15) is 17.2 Å². The maximum Gasteiger partial charge on any atom is 0.239 e. The highest BCUT2D eigenvalue weighted by molar-refractivity contribution is 8.00. The summed E-state index contributed by atoms with van der Waals surface area (Å²) in [5.41, 5.74) is 1.63. The number of aliphatic hydroxyl groups excluding tert-OH is 1. The quantitative estimate of drug-likeness (QED) is 0.321. The van der Waals surface area contributed by atoms with Crippen molar-refractivity contribution < 1.29 is 14.6 Å². The molecule has 32 heavy (non-hydrogen) atoms. The Hall–Kier alpha value is -2.30. The van der Waals surface area contributed by atoms with Gasteiger partial charge in [-0.05, 0) is 44.2 Å². The Kier molecular flexibility index (Phi) is 7.54. The molecule has 172 valence electrons. The molecule has 0 radical (unpaired) electrons. The first-order chi connectivity index (χ1) is 15.6. The van der Waals surface area contributed by atoms with Crippen LogP contribution in [-0.4, -0.2) is 50.9 Å². The van der Waals surface area contributed by atoms with E-state index in [2.05, 4.69) is 19.9 Å². The van der Waals surface area contributed by atoms with Gasteiger partial charge in [0.25, 0.3) is 0 Å². The van der Waals surface area contributed by atoms with Crippen molar-refractivity contribution in [3.05, 3.63) is 29.3 Å². The van der Waals surface area contributed by atoms with Crippen LogP contribution in [0.1, 0.15) is 37.8 Å². The van der Waals surface area contributed by atoms with E-state index in [0.717, 1.165) is 35.7 Å². The van der Waals surface area contributed by atoms with E-state index in [1.165, 1.54) is 36.1 Å². The van der Waals surface area contributed by atoms with E-state index >= 15 is 0 Å². The molecule has 0 bridgehead atoms. The van der Waals surface area contributed by atoms with Crippen LogP contribution in [0.25, 0.3) is 16.5 Å². The number of benzene rings is 1. The van der Waals surface area contributed by atoms with Crippen molar-refractivity contribution in [2.75, 3.05) is 24.7 Å². The zero-order chi connectivity index (χ0) is 22.5. The minimum atomic E-state index is -0.243. The SMILES string of the molecule is COc1cccc(OC)c1-n1c(NSCCC(O)C2CCCC2)nnc1-c1nc(C)cs1. The molecule has 3 aromatic rings. The third kappa shape index (κ3) is 4.87. The normalized spacial score (nSPS) is 15.1. The molecule has 1 unspecified atom stereocenters. The van der Waals surface area contributed by atoms with Crippen LogP contribution in [0.4, 0.5) is 5.95 Å². The van der Waals surface area contributed by atoms with Crippen molar-refractivity contribution in [3.8, 4) is 28.0 Å². The van der Waals surface area contributed by atoms with Gasteiger partial charge in [0.2, 0.25) is 5.95 Å². The van der Waals surface area contributed by atoms with Crippen LogP contribution in [0.15, 0.2) is 23.6 Å². The van der Waals surface area contributed by atoms with E-state index in [0.29, 0.717) is 34.9 Å². The number of ether oxygens (including phenoxy) is 2. The van der Waals surface area contributed by atoms with Gasteiger partial charge in [-0.15, -0.1) is 21.5 Å². The molecule has 1 saturated carbocycles. The predicted molar refractivity (Wildman–Crippen MR) is 129 cm³/mol. The van der Waals surface area contributed by atoms with Crippen molar-refractivity contribution in [3.63, 3.8) is 0 Å². The van der Waals surface area contributed by atoms with Gasteiger partial charge >= 0.3 is 0 Å². The molecule has 0 amide bonds. The number of methoxy groups -OCH3 is 2. The molecule has 1 aromatic carbocycles. The van der Waals surface area contributed by atoms with E-state index < -0.39 is 0 Å². The minimum absolute atomic E-state index is 0.243. The number of nitrogens with zero attached hydrogens (tertiary/aromatic N) is 4. The van der Waals surface area contributed by atoms with Gasteiger partial charge in [-0.2, -0.15) is 0 Å². The second kappa shape index (κ2) is 10.5. The number of para-hydroxylation sites is 1. The maximum absolute atomic E-state index is 10.5. The van der Waals surface area contributed by atoms with Gasteiger partial charge in [0.15, 0.2) is 10.8 Å². The van der Waals surface area contributed by atoms with E-state index in [1.807, 2.05) is 35.1 Å². The number of anilines is 1. The fourth-order valence-electron chi connectivity index (χ4n) is 4.08. The number of hydrogen-bond donors (Lipinski definition) is 2. The lowest BCUT2D eigenvalue weighted by Crippen LogP contribution is -2.18. The van der Waals surface area contributed by atoms with Crippen LogP contribution < -0.4 is 14.2 Å². The second-order valence-corrected chi connectivity index (χ2v) is 9.60. The first-order valence-corrected chi connectivity index (χ1v) is 12.6. The summed E-state index contributed by atoms with van der Waals surface area (Å²) in [7, 11) is 3.25. The van der Waals surface area contributed by atoms with Crippen molar-refractivity contribution in [2.45, 2.75) is 45.1 Å². The number of nitrogens with one attached hydrogen (secondary N) is 1. The first kappa shape index (κ1) is 22.9. The number of aliphatic hydroxyl groups is 1. The molecule has 2 heterocycles. The molecule has 10 heteroatoms. The smallest absolute Gasteiger partial charge is 0.239 e. The fraction of sp³-hybridized carbons (Fsp3) is 0.500. The number of aromatic nitrogens is 4. The standard InChI is InChI=1S/C22H29N5O3S2/c1-14-13-31-21(23-14)20-24-25-22(26-32-12-11-16(28)15-7-4-5-8-15)27(20)19-17(29-2)9-6-10-18(19)30-3/h6,9-10,13,15-16,28H,4-5,7-8,11-12H2,1-3H3,(H,25,26). The average Bonchev–Trinajstić information content (AvgIpc) is 3.56. The topological polar surface area (TPSA) is 94.3 Å². The number of hydrogen-bond acceptors (Lipinski definition) is 9. The van der Waals surface area contributed by atoms with Crippen LogP contribution in [0.5, 0.6) is 11.5 Å². The van der Waals surface area contributed by atoms with Crippen molar-refractivity contribution in [1.29, 1.82) is 0 Å². The molecule has 8 nitrogen and oxygen atoms in total. The Labute approximate surface area is 196 Å². The Balaban J connectivity index is 1.60. The summed E-state index contributed by atoms with van der Waals surface area (Å²) in [6, 6.07) is 5.64. The Morgan fingerprint density at radius 1 is 1.22 bits per heavy atom. The summed E-state index contributed by atoms with van der Waals surface area (Å²) in [6.45, 7) is 1.95. The van der Waals surface area contributed by atoms with Crippen LogP contribution in [0, 0.1) is 12.8 Å². The van der Waals surface area contributed by atoms with Gasteiger partial charge in [0, 0.05) is 16.8 Å². The van der Waals surface area contributed by atoms with Crippen molar-refractivity contribution in [2.24, 2.45) is 5.92 Å². The fourth-order valence-corrected chi connectivity index (χ4v) is 5.57. The van der Waals surface area contributed by atoms with Crippen molar-refractivity contribution in [1.82, 2.24) is 19.7 Å². The monoisotopic (exact) mass is 475 g/mol. The molecular formula is C22H29N5O3S2. The van der Waals surface area contributed by atoms with E-state index in [-0.39, 0.29) is 6.10 Å². The summed E-state index contributed by atoms with van der Waals surface area (Å²) >= 11 is 3.03. The minimum Gasteiger partial charge on any atom is -0.494 e. The molecule has 1 atom stereocenters. The Bertz CT molecular complexity index is 1010. The van der Waals surface area contributed by atoms with Gasteiger partial charge in [0.05, 0.1) is 20.3 Å². The zero-order valence-electron chi connectivity index (χ0n) is 18.6. The van der Waals surface area contributed by atoms with Crippen molar-refractivity contribution >= 4 is 29.2 Å². The second-order valence-electron chi connectivity index (χ2n) is 7.84. The lowest BCUT2D eigenvalue weighted by molar-refractivity contribution is 0.108. The number of thiazole rings is 1. The third-order valence-corrected chi connectivity index (χ3v) is 7.44. The summed E-state index contributed by atoms with van der Waals surface area (Å²) in [5.74, 6) is 3.65. The Morgan fingerprint density at radius 3 is 2.56 bits per heavy atom. The van der Waals surface area contributed by atoms with E-state index in [4.69, 9.17) is 9.47 Å². The highest BCUT2D eigenvalue weighted by Crippen LogP contribution is 2.38. The molecule has 1 aliphatic rings. The first-order valence-electron chi connectivity index (χ1n) is 10.8. The number of rotatable bonds is 10. The molecule has 4 rings (SSSR count). The highest BCUT2D eigenvalue weighted by Gasteiger charge is 2.25. The molecule has 2 N–H and O–H groups in total. The van der Waals surface area contributed by atoms with Gasteiger partial charge in [-0.3, -0.25) is 9.29 Å². The van der Waals surface area contributed by atoms with Crippen LogP contribution in [0.2, 0.25) is 0 Å². The molecule has 0 aliphatic heterocycles. The zero-order valence-corrected chi connectivity index (χ0v) is 20.2. The predicted octanol–water partition coefficient (Wildman–Crippen LogP) is 4.72. The summed E-state index contributed by atoms with van der Waals surface area (Å²) < 4.78 is 16.5. The van der Waals surface area contributed by atoms with Crippen LogP contribution in [0.3, 0.4) is 0 Å². The molecular weight excluding hydrogens is 446 g/mol. The Morgan fingerprint density at radius 2 is 1.94 bits per heavy atom. The number of aryl methyl sites for hydroxylation is 1. The summed E-state index contributed by atoms with van der Waals surface area (Å²) in [6.07, 6.45) is 5.24. The third-order valence-electron chi connectivity index (χ3n) is 5.72. The summed E-state index contributed by atoms with van der Waals surface area (Å²) in [4.78, 5) is 4.60. The lowest BCUT2D eigenvalue weighted by Gasteiger charge is -2.18. The molecule has 2 aromatic heterocycles. The summed E-state index contributed by atoms with van der Waals surface area (Å²) in [5, 5.41) is 22.0. The van der Waals surface area contributed by atoms with Crippen LogP contribution in [-0.2, 0) is 0 Å². The highest BCUT2D eigenvalue weighted by atomic mass is 32.2. The average molecular weight is 476 g/mol. The molecule has 0 spiro atoms. The molecule has 1 fully saturated rings. The lowest BCUT2D eigenvalue weighted by atomic mass is 9.99. The van der Waals surface area contributed by atoms with Gasteiger partial charge in [-0.25, -0.2) is 4.98 Å². The largest absolute Gasteiger partial charge is 0.494 e. The maximum atomic E-state index is 10.5.